The Hall–Kier alpha value is -4.73. The number of halogens is 1. The lowest BCUT2D eigenvalue weighted by Crippen LogP contribution is -2.42. The number of carbonyl (C=O) groups excluding carboxylic acids is 1. The number of amides is 1. The molecule has 0 saturated heterocycles. The Balaban J connectivity index is 1.49. The van der Waals surface area contributed by atoms with E-state index in [1.54, 1.807) is 22.2 Å². The van der Waals surface area contributed by atoms with Crippen molar-refractivity contribution in [1.29, 1.82) is 5.26 Å². The van der Waals surface area contributed by atoms with Crippen molar-refractivity contribution in [2.24, 2.45) is 0 Å². The summed E-state index contributed by atoms with van der Waals surface area (Å²) in [5.74, 6) is -0.550. The average molecular weight is 543 g/mol. The fourth-order valence-corrected chi connectivity index (χ4v) is 4.37. The number of aromatic nitrogens is 5. The third kappa shape index (κ3) is 5.59. The largest absolute Gasteiger partial charge is 0.387 e. The third-order valence-corrected chi connectivity index (χ3v) is 6.76. The third-order valence-electron chi connectivity index (χ3n) is 6.02. The van der Waals surface area contributed by atoms with Crippen LogP contribution in [-0.4, -0.2) is 54.1 Å². The van der Waals surface area contributed by atoms with E-state index in [2.05, 4.69) is 37.0 Å². The Morgan fingerprint density at radius 2 is 2.00 bits per heavy atom. The van der Waals surface area contributed by atoms with Crippen LogP contribution in [0.1, 0.15) is 29.8 Å². The first kappa shape index (κ1) is 25.9. The van der Waals surface area contributed by atoms with Gasteiger partial charge in [-0.1, -0.05) is 11.3 Å². The summed E-state index contributed by atoms with van der Waals surface area (Å²) >= 11 is 1.43. The first-order valence-electron chi connectivity index (χ1n) is 11.9. The molecule has 4 heterocycles. The number of hydrogen-bond acceptors (Lipinski definition) is 9. The average Bonchev–Trinajstić information content (AvgIpc) is 3.61. The summed E-state index contributed by atoms with van der Waals surface area (Å²) in [7, 11) is 0. The minimum atomic E-state index is -1.66. The van der Waals surface area contributed by atoms with E-state index in [4.69, 9.17) is 0 Å². The number of nitriles is 1. The van der Waals surface area contributed by atoms with Gasteiger partial charge in [-0.3, -0.25) is 9.78 Å². The molecule has 0 fully saturated rings. The SMILES string of the molecule is CC(C)(O)C(F)CNC(=O)c1cnc(-c2ccc3cc(C#N)cnn23)cc1Nc1ccc(-c2nncs2)cc1. The van der Waals surface area contributed by atoms with Crippen molar-refractivity contribution in [3.05, 3.63) is 77.6 Å². The molecule has 10 nitrogen and oxygen atoms in total. The van der Waals surface area contributed by atoms with Gasteiger partial charge < -0.3 is 15.7 Å². The zero-order valence-corrected chi connectivity index (χ0v) is 21.8. The molecule has 0 aliphatic carbocycles. The summed E-state index contributed by atoms with van der Waals surface area (Å²) in [5, 5.41) is 37.9. The monoisotopic (exact) mass is 542 g/mol. The predicted octanol–water partition coefficient (Wildman–Crippen LogP) is 4.37. The number of carbonyl (C=O) groups is 1. The van der Waals surface area contributed by atoms with Gasteiger partial charge in [-0.25, -0.2) is 8.91 Å². The van der Waals surface area contributed by atoms with Crippen molar-refractivity contribution in [1.82, 2.24) is 30.1 Å². The van der Waals surface area contributed by atoms with E-state index in [0.717, 1.165) is 16.1 Å². The van der Waals surface area contributed by atoms with E-state index in [9.17, 15) is 19.6 Å². The van der Waals surface area contributed by atoms with E-state index in [-0.39, 0.29) is 12.1 Å². The normalized spacial score (nSPS) is 12.2. The van der Waals surface area contributed by atoms with Crippen molar-refractivity contribution in [2.45, 2.75) is 25.6 Å². The molecule has 0 aliphatic heterocycles. The summed E-state index contributed by atoms with van der Waals surface area (Å²) in [4.78, 5) is 17.6. The molecular weight excluding hydrogens is 519 g/mol. The molecule has 196 valence electrons. The molecule has 12 heteroatoms. The number of aliphatic hydroxyl groups is 1. The number of anilines is 2. The summed E-state index contributed by atoms with van der Waals surface area (Å²) < 4.78 is 16.0. The molecule has 1 amide bonds. The lowest BCUT2D eigenvalue weighted by molar-refractivity contribution is -0.00177. The molecule has 0 spiro atoms. The van der Waals surface area contributed by atoms with Gasteiger partial charge in [0, 0.05) is 17.4 Å². The molecule has 39 heavy (non-hydrogen) atoms. The molecule has 0 aliphatic rings. The number of fused-ring (bicyclic) bond motifs is 1. The highest BCUT2D eigenvalue weighted by Crippen LogP contribution is 2.29. The molecule has 5 aromatic rings. The van der Waals surface area contributed by atoms with Gasteiger partial charge >= 0.3 is 0 Å². The van der Waals surface area contributed by atoms with Gasteiger partial charge in [0.15, 0.2) is 0 Å². The molecule has 3 N–H and O–H groups in total. The van der Waals surface area contributed by atoms with Gasteiger partial charge in [0.1, 0.15) is 22.8 Å². The van der Waals surface area contributed by atoms with Crippen molar-refractivity contribution in [3.8, 4) is 28.0 Å². The van der Waals surface area contributed by atoms with Crippen LogP contribution >= 0.6 is 11.3 Å². The van der Waals surface area contributed by atoms with Gasteiger partial charge in [0.2, 0.25) is 0 Å². The number of hydrogen-bond donors (Lipinski definition) is 3. The minimum Gasteiger partial charge on any atom is -0.387 e. The zero-order chi connectivity index (χ0) is 27.6. The zero-order valence-electron chi connectivity index (χ0n) is 21.0. The second kappa shape index (κ2) is 10.6. The smallest absolute Gasteiger partial charge is 0.255 e. The first-order valence-corrected chi connectivity index (χ1v) is 12.8. The first-order chi connectivity index (χ1) is 18.7. The fourth-order valence-electron chi connectivity index (χ4n) is 3.81. The Kier molecular flexibility index (Phi) is 7.02. The van der Waals surface area contributed by atoms with Crippen molar-refractivity contribution in [3.63, 3.8) is 0 Å². The molecular formula is C27H23FN8O2S. The number of pyridine rings is 1. The van der Waals surface area contributed by atoms with Crippen LogP contribution in [0, 0.1) is 11.3 Å². The maximum atomic E-state index is 14.3. The number of nitrogens with zero attached hydrogens (tertiary/aromatic N) is 6. The molecule has 1 atom stereocenters. The number of alkyl halides is 1. The van der Waals surface area contributed by atoms with E-state index in [1.807, 2.05) is 36.4 Å². The van der Waals surface area contributed by atoms with Gasteiger partial charge in [0.25, 0.3) is 5.91 Å². The standard InChI is InChI=1S/C27H23FN8O2S/c1-27(2,38)24(28)14-31-25(37)20-13-30-22(23-8-7-19-9-16(11-29)12-33-36(19)23)10-21(20)34-18-5-3-17(4-6-18)26-35-32-15-39-26/h3-10,12-13,15,24,38H,14H2,1-2H3,(H,30,34)(H,31,37). The van der Waals surface area contributed by atoms with Gasteiger partial charge in [-0.15, -0.1) is 10.2 Å². The second-order valence-electron chi connectivity index (χ2n) is 9.30. The number of nitrogens with one attached hydrogen (secondary N) is 2. The van der Waals surface area contributed by atoms with Gasteiger partial charge in [-0.05, 0) is 62.4 Å². The highest BCUT2D eigenvalue weighted by molar-refractivity contribution is 7.12. The van der Waals surface area contributed by atoms with Crippen molar-refractivity contribution >= 4 is 34.1 Å². The second-order valence-corrected chi connectivity index (χ2v) is 10.1. The molecule has 0 radical (unpaired) electrons. The molecule has 0 saturated carbocycles. The minimum absolute atomic E-state index is 0.190. The highest BCUT2D eigenvalue weighted by Gasteiger charge is 2.27. The molecule has 1 unspecified atom stereocenters. The van der Waals surface area contributed by atoms with Crippen LogP contribution in [0.4, 0.5) is 15.8 Å². The summed E-state index contributed by atoms with van der Waals surface area (Å²) in [6.45, 7) is 2.32. The van der Waals surface area contributed by atoms with Crippen LogP contribution in [0.2, 0.25) is 0 Å². The van der Waals surface area contributed by atoms with Gasteiger partial charge in [0.05, 0.1) is 52.1 Å². The van der Waals surface area contributed by atoms with Crippen LogP contribution in [0.15, 0.2) is 66.4 Å². The van der Waals surface area contributed by atoms with Gasteiger partial charge in [-0.2, -0.15) is 10.4 Å². The molecule has 4 aromatic heterocycles. The maximum absolute atomic E-state index is 14.3. The van der Waals surface area contributed by atoms with Crippen LogP contribution in [0.5, 0.6) is 0 Å². The van der Waals surface area contributed by atoms with Crippen molar-refractivity contribution in [2.75, 3.05) is 11.9 Å². The lowest BCUT2D eigenvalue weighted by atomic mass is 10.0. The topological polar surface area (TPSA) is 141 Å². The Morgan fingerprint density at radius 1 is 1.21 bits per heavy atom. The molecule has 1 aromatic carbocycles. The van der Waals surface area contributed by atoms with E-state index < -0.39 is 17.7 Å². The van der Waals surface area contributed by atoms with Crippen LogP contribution in [0.3, 0.4) is 0 Å². The predicted molar refractivity (Wildman–Crippen MR) is 145 cm³/mol. The van der Waals surface area contributed by atoms with Crippen LogP contribution in [0.25, 0.3) is 27.5 Å². The summed E-state index contributed by atoms with van der Waals surface area (Å²) in [6.07, 6.45) is 1.21. The van der Waals surface area contributed by atoms with Crippen LogP contribution in [-0.2, 0) is 0 Å². The number of rotatable bonds is 8. The van der Waals surface area contributed by atoms with E-state index >= 15 is 0 Å². The quantitative estimate of drug-likeness (QED) is 0.263. The fraction of sp³-hybridized carbons (Fsp3) is 0.185. The Bertz CT molecular complexity index is 1670. The summed E-state index contributed by atoms with van der Waals surface area (Å²) in [6, 6.07) is 16.6. The Labute approximate surface area is 226 Å². The highest BCUT2D eigenvalue weighted by atomic mass is 32.1. The lowest BCUT2D eigenvalue weighted by Gasteiger charge is -2.22. The Morgan fingerprint density at radius 3 is 2.69 bits per heavy atom. The van der Waals surface area contributed by atoms with Crippen LogP contribution < -0.4 is 10.6 Å². The molecule has 5 rings (SSSR count). The van der Waals surface area contributed by atoms with E-state index in [1.165, 1.54) is 37.6 Å². The van der Waals surface area contributed by atoms with Crippen molar-refractivity contribution < 1.29 is 14.3 Å². The summed E-state index contributed by atoms with van der Waals surface area (Å²) in [5.41, 5.74) is 4.62. The molecule has 0 bridgehead atoms. The van der Waals surface area contributed by atoms with E-state index in [0.29, 0.717) is 28.3 Å². The number of benzene rings is 1. The maximum Gasteiger partial charge on any atom is 0.255 e.